The molecule has 2 aromatic carbocycles. The number of oxime groups is 1. The van der Waals surface area contributed by atoms with Crippen molar-refractivity contribution in [3.8, 4) is 17.2 Å². The number of nitrogens with zero attached hydrogens (tertiary/aromatic N) is 2. The Hall–Kier alpha value is -3.51. The first-order chi connectivity index (χ1) is 24.9. The van der Waals surface area contributed by atoms with Gasteiger partial charge in [0, 0.05) is 42.6 Å². The van der Waals surface area contributed by atoms with Gasteiger partial charge in [0.05, 0.1) is 25.3 Å². The standard InChI is InChI=1S/C40H54N2O8S/c1-6-20-42(39(45)46-3)36-26-34(41-47-4)32-24-27(12-8-10-21-43)31(13-9-11-22-44)37-33-25-29(49-28-14-17-30(51-5)18-15-28)16-19-35(33)50-40(36,38(32)37)48-23-7-2/h7,14-19,24-25,27,31,36-38,43-44H,2,6,8-13,20-23,26H2,1,3-5H3. The molecular formula is C40H54N2O8S. The van der Waals surface area contributed by atoms with Gasteiger partial charge in [-0.3, -0.25) is 4.90 Å². The fraction of sp³-hybridized carbons (Fsp3) is 0.550. The van der Waals surface area contributed by atoms with E-state index in [1.807, 2.05) is 49.6 Å². The van der Waals surface area contributed by atoms with Crippen molar-refractivity contribution < 1.29 is 38.8 Å². The molecule has 6 unspecified atom stereocenters. The van der Waals surface area contributed by atoms with Crippen LogP contribution in [0.2, 0.25) is 0 Å². The zero-order valence-electron chi connectivity index (χ0n) is 30.4. The number of aliphatic hydroxyl groups is 2. The van der Waals surface area contributed by atoms with Gasteiger partial charge in [-0.2, -0.15) is 0 Å². The van der Waals surface area contributed by atoms with E-state index in [4.69, 9.17) is 23.8 Å². The Morgan fingerprint density at radius 3 is 2.45 bits per heavy atom. The quantitative estimate of drug-likeness (QED) is 0.0684. The van der Waals surface area contributed by atoms with Crippen molar-refractivity contribution >= 4 is 23.6 Å². The van der Waals surface area contributed by atoms with Gasteiger partial charge in [0.25, 0.3) is 0 Å². The Labute approximate surface area is 306 Å². The molecule has 0 bridgehead atoms. The molecule has 5 rings (SSSR count). The van der Waals surface area contributed by atoms with Crippen LogP contribution in [0.5, 0.6) is 17.2 Å². The third-order valence-electron chi connectivity index (χ3n) is 10.4. The molecule has 1 heterocycles. The number of carbonyl (C=O) groups excluding carboxylic acids is 1. The molecule has 0 spiro atoms. The number of ether oxygens (including phenoxy) is 4. The molecule has 278 valence electrons. The summed E-state index contributed by atoms with van der Waals surface area (Å²) in [4.78, 5) is 21.9. The summed E-state index contributed by atoms with van der Waals surface area (Å²) in [6.45, 7) is 6.88. The second kappa shape index (κ2) is 18.3. The maximum absolute atomic E-state index is 13.6. The normalized spacial score (nSPS) is 25.6. The lowest BCUT2D eigenvalue weighted by Crippen LogP contribution is -2.70. The lowest BCUT2D eigenvalue weighted by atomic mass is 9.55. The van der Waals surface area contributed by atoms with Crippen molar-refractivity contribution in [1.82, 2.24) is 4.90 Å². The van der Waals surface area contributed by atoms with E-state index in [0.717, 1.165) is 53.2 Å². The summed E-state index contributed by atoms with van der Waals surface area (Å²) in [5.41, 5.74) is 2.73. The van der Waals surface area contributed by atoms with Crippen molar-refractivity contribution in [2.24, 2.45) is 22.9 Å². The van der Waals surface area contributed by atoms with E-state index in [-0.39, 0.29) is 43.5 Å². The minimum atomic E-state index is -1.31. The van der Waals surface area contributed by atoms with Crippen LogP contribution in [0.4, 0.5) is 4.79 Å². The lowest BCUT2D eigenvalue weighted by Gasteiger charge is -2.59. The Morgan fingerprint density at radius 2 is 1.80 bits per heavy atom. The predicted octanol–water partition coefficient (Wildman–Crippen LogP) is 7.94. The Kier molecular flexibility index (Phi) is 13.9. The van der Waals surface area contributed by atoms with E-state index in [0.29, 0.717) is 43.7 Å². The number of amides is 1. The molecule has 0 aromatic heterocycles. The van der Waals surface area contributed by atoms with E-state index < -0.39 is 17.9 Å². The largest absolute Gasteiger partial charge is 0.459 e. The fourth-order valence-corrected chi connectivity index (χ4v) is 8.74. The number of carbonyl (C=O) groups is 1. The second-order valence-electron chi connectivity index (χ2n) is 13.4. The lowest BCUT2D eigenvalue weighted by molar-refractivity contribution is -0.255. The molecule has 2 aromatic rings. The zero-order chi connectivity index (χ0) is 36.4. The summed E-state index contributed by atoms with van der Waals surface area (Å²) in [6, 6.07) is 13.4. The number of hydrogen-bond donors (Lipinski definition) is 2. The third kappa shape index (κ3) is 8.27. The maximum atomic E-state index is 13.6. The number of fused-ring (bicyclic) bond motifs is 2. The highest BCUT2D eigenvalue weighted by Gasteiger charge is 2.65. The summed E-state index contributed by atoms with van der Waals surface area (Å²) in [7, 11) is 2.94. The van der Waals surface area contributed by atoms with Crippen molar-refractivity contribution in [2.45, 2.75) is 80.9 Å². The molecule has 51 heavy (non-hydrogen) atoms. The first kappa shape index (κ1) is 38.7. The van der Waals surface area contributed by atoms with Crippen LogP contribution in [0.25, 0.3) is 0 Å². The second-order valence-corrected chi connectivity index (χ2v) is 14.3. The molecular weight excluding hydrogens is 669 g/mol. The van der Waals surface area contributed by atoms with Gasteiger partial charge in [0.2, 0.25) is 5.79 Å². The van der Waals surface area contributed by atoms with Gasteiger partial charge in [-0.15, -0.1) is 18.3 Å². The predicted molar refractivity (Wildman–Crippen MR) is 200 cm³/mol. The van der Waals surface area contributed by atoms with Crippen LogP contribution in [0.3, 0.4) is 0 Å². The Balaban J connectivity index is 1.75. The number of benzene rings is 2. The van der Waals surface area contributed by atoms with Crippen LogP contribution in [0, 0.1) is 17.8 Å². The average molecular weight is 723 g/mol. The molecule has 10 nitrogen and oxygen atoms in total. The van der Waals surface area contributed by atoms with Crippen molar-refractivity contribution in [3.05, 3.63) is 72.3 Å². The van der Waals surface area contributed by atoms with E-state index in [9.17, 15) is 15.0 Å². The van der Waals surface area contributed by atoms with Crippen LogP contribution in [0.15, 0.2) is 76.8 Å². The summed E-state index contributed by atoms with van der Waals surface area (Å²) in [6.07, 6.45) is 11.5. The van der Waals surface area contributed by atoms with E-state index in [2.05, 4.69) is 23.9 Å². The molecule has 2 N–H and O–H groups in total. The summed E-state index contributed by atoms with van der Waals surface area (Å²) in [5.74, 6) is 0.534. The van der Waals surface area contributed by atoms with Gasteiger partial charge in [-0.25, -0.2) is 4.79 Å². The summed E-state index contributed by atoms with van der Waals surface area (Å²) < 4.78 is 25.9. The highest BCUT2D eigenvalue weighted by molar-refractivity contribution is 7.98. The number of allylic oxidation sites excluding steroid dienone is 1. The van der Waals surface area contributed by atoms with Gasteiger partial charge < -0.3 is 34.0 Å². The molecule has 3 aliphatic rings. The molecule has 2 aliphatic carbocycles. The van der Waals surface area contributed by atoms with Gasteiger partial charge in [-0.05, 0) is 98.2 Å². The topological polar surface area (TPSA) is 119 Å². The highest BCUT2D eigenvalue weighted by Crippen LogP contribution is 2.62. The van der Waals surface area contributed by atoms with Crippen LogP contribution in [-0.2, 0) is 14.3 Å². The number of thioether (sulfide) groups is 1. The minimum Gasteiger partial charge on any atom is -0.459 e. The summed E-state index contributed by atoms with van der Waals surface area (Å²) >= 11 is 1.68. The zero-order valence-corrected chi connectivity index (χ0v) is 31.2. The van der Waals surface area contributed by atoms with Crippen molar-refractivity contribution in [1.29, 1.82) is 0 Å². The number of aliphatic hydroxyl groups excluding tert-OH is 2. The van der Waals surface area contributed by atoms with E-state index in [1.54, 1.807) is 29.8 Å². The smallest absolute Gasteiger partial charge is 0.409 e. The molecule has 6 atom stereocenters. The number of unbranched alkanes of at least 4 members (excludes halogenated alkanes) is 2. The van der Waals surface area contributed by atoms with Crippen LogP contribution in [0.1, 0.15) is 69.8 Å². The molecule has 1 fully saturated rings. The van der Waals surface area contributed by atoms with E-state index >= 15 is 0 Å². The van der Waals surface area contributed by atoms with Crippen LogP contribution >= 0.6 is 11.8 Å². The van der Waals surface area contributed by atoms with E-state index in [1.165, 1.54) is 7.11 Å². The number of rotatable bonds is 18. The average Bonchev–Trinajstić information content (AvgIpc) is 3.15. The first-order valence-corrected chi connectivity index (χ1v) is 19.4. The SMILES string of the molecule is C=CCOC12Oc3ccc(Oc4ccc(SC)cc4)cc3C3C(CCCCO)C(CCCCO)C=C(C(=NOC)CC1N(CCC)C(=O)OC)C32. The number of hydrogen-bond acceptors (Lipinski definition) is 10. The van der Waals surface area contributed by atoms with Gasteiger partial charge >= 0.3 is 6.09 Å². The van der Waals surface area contributed by atoms with Crippen LogP contribution < -0.4 is 9.47 Å². The molecule has 11 heteroatoms. The molecule has 0 radical (unpaired) electrons. The molecule has 1 amide bonds. The molecule has 1 aliphatic heterocycles. The Bertz CT molecular complexity index is 1530. The minimum absolute atomic E-state index is 0.119. The summed E-state index contributed by atoms with van der Waals surface area (Å²) in [5, 5.41) is 24.1. The molecule has 1 saturated carbocycles. The fourth-order valence-electron chi connectivity index (χ4n) is 8.33. The van der Waals surface area contributed by atoms with Gasteiger partial charge in [0.1, 0.15) is 30.4 Å². The molecule has 0 saturated heterocycles. The van der Waals surface area contributed by atoms with Crippen LogP contribution in [-0.4, -0.2) is 85.6 Å². The third-order valence-corrected chi connectivity index (χ3v) is 11.1. The van der Waals surface area contributed by atoms with Gasteiger partial charge in [-0.1, -0.05) is 37.1 Å². The first-order valence-electron chi connectivity index (χ1n) is 18.2. The maximum Gasteiger partial charge on any atom is 0.409 e. The van der Waals surface area contributed by atoms with Crippen molar-refractivity contribution in [3.63, 3.8) is 0 Å². The Morgan fingerprint density at radius 1 is 1.08 bits per heavy atom. The number of methoxy groups -OCH3 is 1. The monoisotopic (exact) mass is 722 g/mol. The van der Waals surface area contributed by atoms with Crippen molar-refractivity contribution in [2.75, 3.05) is 46.8 Å². The van der Waals surface area contributed by atoms with Gasteiger partial charge in [0.15, 0.2) is 0 Å². The highest BCUT2D eigenvalue weighted by atomic mass is 32.2.